The molecule has 3 nitrogen and oxygen atoms in total. The van der Waals surface area contributed by atoms with Crippen LogP contribution in [0.1, 0.15) is 89.1 Å². The van der Waals surface area contributed by atoms with Crippen molar-refractivity contribution in [3.63, 3.8) is 0 Å². The highest BCUT2D eigenvalue weighted by Crippen LogP contribution is 2.23. The fourth-order valence-electron chi connectivity index (χ4n) is 2.96. The molecule has 0 aliphatic rings. The number of unbranched alkanes of at least 4 members (excludes halogenated alkanes) is 1. The number of allylic oxidation sites excluding steroid dienone is 6. The Bertz CT molecular complexity index is 734. The quantitative estimate of drug-likeness (QED) is 0.276. The summed E-state index contributed by atoms with van der Waals surface area (Å²) in [7, 11) is 0. The molecule has 1 rings (SSSR count). The van der Waals surface area contributed by atoms with E-state index in [1.165, 1.54) is 16.7 Å². The molecule has 0 fully saturated rings. The van der Waals surface area contributed by atoms with E-state index in [-0.39, 0.29) is 0 Å². The van der Waals surface area contributed by atoms with Crippen LogP contribution in [0, 0.1) is 0 Å². The molecule has 0 radical (unpaired) electrons. The van der Waals surface area contributed by atoms with E-state index in [0.29, 0.717) is 18.6 Å². The average Bonchev–Trinajstić information content (AvgIpc) is 2.66. The van der Waals surface area contributed by atoms with Crippen LogP contribution in [0.5, 0.6) is 5.75 Å². The number of hydrogen-bond donors (Lipinski definition) is 1. The number of ether oxygens (including phenoxy) is 1. The van der Waals surface area contributed by atoms with Crippen LogP contribution < -0.4 is 4.74 Å². The average molecular weight is 399 g/mol. The minimum atomic E-state index is -0.902. The van der Waals surface area contributed by atoms with E-state index in [1.54, 1.807) is 18.2 Å². The van der Waals surface area contributed by atoms with Gasteiger partial charge in [0.1, 0.15) is 5.75 Å². The Morgan fingerprint density at radius 1 is 1.00 bits per heavy atom. The lowest BCUT2D eigenvalue weighted by molar-refractivity contribution is 0.0696. The lowest BCUT2D eigenvalue weighted by Crippen LogP contribution is -2.03. The maximum atomic E-state index is 11.3. The van der Waals surface area contributed by atoms with Gasteiger partial charge >= 0.3 is 5.97 Å². The maximum absolute atomic E-state index is 11.3. The molecule has 0 saturated carbocycles. The Morgan fingerprint density at radius 3 is 2.28 bits per heavy atom. The predicted octanol–water partition coefficient (Wildman–Crippen LogP) is 7.53. The molecule has 0 amide bonds. The van der Waals surface area contributed by atoms with E-state index in [9.17, 15) is 9.90 Å². The zero-order chi connectivity index (χ0) is 21.6. The van der Waals surface area contributed by atoms with Crippen LogP contribution in [0.2, 0.25) is 0 Å². The number of hydrogen-bond acceptors (Lipinski definition) is 2. The fourth-order valence-corrected chi connectivity index (χ4v) is 2.96. The third-order valence-electron chi connectivity index (χ3n) is 4.86. The van der Waals surface area contributed by atoms with Crippen molar-refractivity contribution in [2.75, 3.05) is 6.61 Å². The van der Waals surface area contributed by atoms with E-state index in [2.05, 4.69) is 52.8 Å². The van der Waals surface area contributed by atoms with Crippen LogP contribution in [-0.4, -0.2) is 17.7 Å². The van der Waals surface area contributed by atoms with Gasteiger partial charge in [0, 0.05) is 0 Å². The Balaban J connectivity index is 2.67. The lowest BCUT2D eigenvalue weighted by atomic mass is 10.0. The normalized spacial score (nSPS) is 12.0. The van der Waals surface area contributed by atoms with Crippen LogP contribution in [0.15, 0.2) is 53.1 Å². The van der Waals surface area contributed by atoms with Gasteiger partial charge in [-0.05, 0) is 90.0 Å². The summed E-state index contributed by atoms with van der Waals surface area (Å²) >= 11 is 0. The van der Waals surface area contributed by atoms with Gasteiger partial charge in [0.15, 0.2) is 0 Å². The Labute approximate surface area is 177 Å². The smallest absolute Gasteiger partial charge is 0.335 e. The molecule has 0 aromatic heterocycles. The largest absolute Gasteiger partial charge is 0.493 e. The minimum absolute atomic E-state index is 0.309. The van der Waals surface area contributed by atoms with Gasteiger partial charge in [-0.25, -0.2) is 4.79 Å². The molecule has 1 aromatic rings. The third-order valence-corrected chi connectivity index (χ3v) is 4.86. The minimum Gasteiger partial charge on any atom is -0.493 e. The molecular formula is C26H38O3. The molecule has 0 heterocycles. The summed E-state index contributed by atoms with van der Waals surface area (Å²) in [6, 6.07) is 5.14. The second-order valence-electron chi connectivity index (χ2n) is 7.99. The molecule has 0 unspecified atom stereocenters. The number of carboxylic acid groups (broad SMARTS) is 1. The van der Waals surface area contributed by atoms with Gasteiger partial charge in [-0.1, -0.05) is 48.3 Å². The molecule has 0 aliphatic heterocycles. The van der Waals surface area contributed by atoms with Gasteiger partial charge in [0.2, 0.25) is 0 Å². The number of benzene rings is 1. The first-order valence-electron chi connectivity index (χ1n) is 10.8. The second-order valence-corrected chi connectivity index (χ2v) is 7.99. The first-order chi connectivity index (χ1) is 13.8. The van der Waals surface area contributed by atoms with Crippen LogP contribution in [-0.2, 0) is 6.42 Å². The van der Waals surface area contributed by atoms with Crippen molar-refractivity contribution in [2.45, 2.75) is 79.6 Å². The Hall–Kier alpha value is -2.29. The molecule has 0 atom stereocenters. The van der Waals surface area contributed by atoms with Gasteiger partial charge in [-0.15, -0.1) is 0 Å². The molecule has 0 bridgehead atoms. The maximum Gasteiger partial charge on any atom is 0.335 e. The topological polar surface area (TPSA) is 46.5 Å². The number of aromatic carboxylic acids is 1. The second kappa shape index (κ2) is 13.8. The first-order valence-corrected chi connectivity index (χ1v) is 10.8. The lowest BCUT2D eigenvalue weighted by Gasteiger charge is -2.11. The van der Waals surface area contributed by atoms with Crippen molar-refractivity contribution in [1.29, 1.82) is 0 Å². The highest BCUT2D eigenvalue weighted by atomic mass is 16.5. The summed E-state index contributed by atoms with van der Waals surface area (Å²) in [6.45, 7) is 11.4. The third kappa shape index (κ3) is 10.7. The van der Waals surface area contributed by atoms with Crippen LogP contribution in [0.3, 0.4) is 0 Å². The van der Waals surface area contributed by atoms with Gasteiger partial charge < -0.3 is 9.84 Å². The standard InChI is InChI=1S/C26H38O3/c1-6-7-18-29-25-17-16-24(26(27)28)19-23(25)15-14-22(5)13-9-12-21(4)11-8-10-20(2)3/h10,12,14,16-17,19H,6-9,11,13,15,18H2,1-5H3,(H,27,28)/b21-12+,22-14+. The number of rotatable bonds is 13. The molecule has 3 heteroatoms. The molecule has 0 aliphatic carbocycles. The van der Waals surface area contributed by atoms with Crippen molar-refractivity contribution in [3.8, 4) is 5.75 Å². The molecule has 160 valence electrons. The van der Waals surface area contributed by atoms with E-state index in [0.717, 1.165) is 49.8 Å². The Morgan fingerprint density at radius 2 is 1.66 bits per heavy atom. The van der Waals surface area contributed by atoms with Crippen LogP contribution in [0.25, 0.3) is 0 Å². The number of carboxylic acids is 1. The molecular weight excluding hydrogens is 360 g/mol. The van der Waals surface area contributed by atoms with E-state index >= 15 is 0 Å². The molecule has 1 N–H and O–H groups in total. The molecule has 1 aromatic carbocycles. The van der Waals surface area contributed by atoms with Crippen molar-refractivity contribution in [1.82, 2.24) is 0 Å². The fraction of sp³-hybridized carbons (Fsp3) is 0.500. The van der Waals surface area contributed by atoms with Crippen LogP contribution in [0.4, 0.5) is 0 Å². The van der Waals surface area contributed by atoms with E-state index < -0.39 is 5.97 Å². The van der Waals surface area contributed by atoms with Gasteiger partial charge in [-0.2, -0.15) is 0 Å². The zero-order valence-corrected chi connectivity index (χ0v) is 18.9. The molecule has 0 saturated heterocycles. The van der Waals surface area contributed by atoms with Gasteiger partial charge in [-0.3, -0.25) is 0 Å². The summed E-state index contributed by atoms with van der Waals surface area (Å²) in [5.41, 5.74) is 5.38. The van der Waals surface area contributed by atoms with Crippen molar-refractivity contribution in [3.05, 3.63) is 64.3 Å². The zero-order valence-electron chi connectivity index (χ0n) is 18.9. The summed E-state index contributed by atoms with van der Waals surface area (Å²) in [5.74, 6) is -0.108. The predicted molar refractivity (Wildman–Crippen MR) is 123 cm³/mol. The van der Waals surface area contributed by atoms with Crippen LogP contribution >= 0.6 is 0 Å². The molecule has 0 spiro atoms. The van der Waals surface area contributed by atoms with E-state index in [1.807, 2.05) is 0 Å². The molecule has 29 heavy (non-hydrogen) atoms. The first kappa shape index (κ1) is 24.7. The van der Waals surface area contributed by atoms with Gasteiger partial charge in [0.25, 0.3) is 0 Å². The summed E-state index contributed by atoms with van der Waals surface area (Å²) in [6.07, 6.45) is 13.9. The SMILES string of the molecule is CCCCOc1ccc(C(=O)O)cc1C/C=C(\C)CC/C=C(\C)CCC=C(C)C. The van der Waals surface area contributed by atoms with Crippen molar-refractivity contribution >= 4 is 5.97 Å². The van der Waals surface area contributed by atoms with Crippen molar-refractivity contribution < 1.29 is 14.6 Å². The van der Waals surface area contributed by atoms with Gasteiger partial charge in [0.05, 0.1) is 12.2 Å². The highest BCUT2D eigenvalue weighted by Gasteiger charge is 2.09. The Kier molecular flexibility index (Phi) is 11.8. The van der Waals surface area contributed by atoms with Crippen molar-refractivity contribution in [2.24, 2.45) is 0 Å². The highest BCUT2D eigenvalue weighted by molar-refractivity contribution is 5.88. The monoisotopic (exact) mass is 398 g/mol. The summed E-state index contributed by atoms with van der Waals surface area (Å²) in [5, 5.41) is 9.29. The number of carbonyl (C=O) groups is 1. The summed E-state index contributed by atoms with van der Waals surface area (Å²) in [4.78, 5) is 11.3. The van der Waals surface area contributed by atoms with E-state index in [4.69, 9.17) is 4.74 Å². The summed E-state index contributed by atoms with van der Waals surface area (Å²) < 4.78 is 5.88.